The third-order valence-electron chi connectivity index (χ3n) is 3.02. The van der Waals surface area contributed by atoms with Crippen LogP contribution >= 0.6 is 0 Å². The van der Waals surface area contributed by atoms with Crippen molar-refractivity contribution in [3.05, 3.63) is 64.9 Å². The van der Waals surface area contributed by atoms with E-state index in [4.69, 9.17) is 0 Å². The average Bonchev–Trinajstić information content (AvgIpc) is 2.40. The Morgan fingerprint density at radius 3 is 2.33 bits per heavy atom. The number of alkyl halides is 3. The van der Waals surface area contributed by atoms with E-state index in [1.54, 1.807) is 19.2 Å². The largest absolute Gasteiger partial charge is 0.416 e. The molecule has 0 aromatic heterocycles. The second-order valence-corrected chi connectivity index (χ2v) is 4.93. The molecule has 0 saturated heterocycles. The molecule has 0 unspecified atom stereocenters. The summed E-state index contributed by atoms with van der Waals surface area (Å²) in [6.07, 6.45) is 3.17. The maximum atomic E-state index is 12.8. The smallest absolute Gasteiger partial charge is 0.361 e. The van der Waals surface area contributed by atoms with Crippen molar-refractivity contribution in [1.82, 2.24) is 0 Å². The zero-order chi connectivity index (χ0) is 16.0. The van der Waals surface area contributed by atoms with E-state index >= 15 is 0 Å². The molecule has 0 saturated carbocycles. The van der Waals surface area contributed by atoms with Crippen molar-refractivity contribution in [2.75, 3.05) is 5.32 Å². The van der Waals surface area contributed by atoms with Gasteiger partial charge in [0.1, 0.15) is 0 Å². The van der Waals surface area contributed by atoms with Gasteiger partial charge in [-0.1, -0.05) is 18.2 Å². The standard InChI is InChI=1S/C17H20F3N/c1-5-6-7-13(3)14(4)11-21-16-9-12(2)8-15(10-16)17(18,19)20/h5-11,21H,1-4H3/b6-5+,13-7-,14-11-. The Morgan fingerprint density at radius 1 is 1.10 bits per heavy atom. The molecule has 0 bridgehead atoms. The summed E-state index contributed by atoms with van der Waals surface area (Å²) in [6.45, 7) is 7.42. The molecular formula is C17H20F3N. The van der Waals surface area contributed by atoms with Crippen molar-refractivity contribution in [1.29, 1.82) is 0 Å². The number of rotatable bonds is 4. The lowest BCUT2D eigenvalue weighted by Gasteiger charge is -2.11. The molecule has 1 nitrogen and oxygen atoms in total. The molecule has 1 N–H and O–H groups in total. The molecular weight excluding hydrogens is 275 g/mol. The molecule has 0 amide bonds. The van der Waals surface area contributed by atoms with Crippen LogP contribution in [-0.4, -0.2) is 0 Å². The Balaban J connectivity index is 2.96. The van der Waals surface area contributed by atoms with E-state index in [-0.39, 0.29) is 0 Å². The normalized spacial score (nSPS) is 13.9. The Hall–Kier alpha value is -1.97. The molecule has 4 heteroatoms. The van der Waals surface area contributed by atoms with Gasteiger partial charge in [0.2, 0.25) is 0 Å². The van der Waals surface area contributed by atoms with Gasteiger partial charge in [-0.2, -0.15) is 13.2 Å². The summed E-state index contributed by atoms with van der Waals surface area (Å²) < 4.78 is 38.3. The van der Waals surface area contributed by atoms with Gasteiger partial charge in [0, 0.05) is 11.9 Å². The van der Waals surface area contributed by atoms with E-state index in [1.165, 1.54) is 0 Å². The van der Waals surface area contributed by atoms with Crippen molar-refractivity contribution in [3.63, 3.8) is 0 Å². The number of hydrogen-bond acceptors (Lipinski definition) is 1. The fourth-order valence-electron chi connectivity index (χ4n) is 1.71. The van der Waals surface area contributed by atoms with E-state index in [9.17, 15) is 13.2 Å². The van der Waals surface area contributed by atoms with E-state index < -0.39 is 11.7 Å². The number of anilines is 1. The highest BCUT2D eigenvalue weighted by Gasteiger charge is 2.30. The summed E-state index contributed by atoms with van der Waals surface area (Å²) in [5.41, 5.74) is 2.37. The Kier molecular flexibility index (Phi) is 5.82. The van der Waals surface area contributed by atoms with E-state index in [2.05, 4.69) is 5.32 Å². The maximum absolute atomic E-state index is 12.8. The SMILES string of the molecule is C/C=C/C=C(C)\C(C)=C/Nc1cc(C)cc(C(F)(F)F)c1. The molecule has 0 aliphatic heterocycles. The third kappa shape index (κ3) is 5.50. The van der Waals surface area contributed by atoms with Crippen LogP contribution in [0.25, 0.3) is 0 Å². The lowest BCUT2D eigenvalue weighted by Crippen LogP contribution is -2.06. The molecule has 1 aromatic carbocycles. The first-order valence-corrected chi connectivity index (χ1v) is 6.66. The molecule has 114 valence electrons. The zero-order valence-corrected chi connectivity index (χ0v) is 12.7. The fourth-order valence-corrected chi connectivity index (χ4v) is 1.71. The van der Waals surface area contributed by atoms with Gasteiger partial charge in [-0.15, -0.1) is 0 Å². The molecule has 0 radical (unpaired) electrons. The highest BCUT2D eigenvalue weighted by atomic mass is 19.4. The van der Waals surface area contributed by atoms with Gasteiger partial charge in [0.25, 0.3) is 0 Å². The van der Waals surface area contributed by atoms with E-state index in [0.717, 1.165) is 23.3 Å². The van der Waals surface area contributed by atoms with Crippen molar-refractivity contribution >= 4 is 5.69 Å². The van der Waals surface area contributed by atoms with Crippen molar-refractivity contribution in [3.8, 4) is 0 Å². The number of hydrogen-bond donors (Lipinski definition) is 1. The molecule has 1 aromatic rings. The van der Waals surface area contributed by atoms with Crippen LogP contribution in [0.3, 0.4) is 0 Å². The second-order valence-electron chi connectivity index (χ2n) is 4.93. The first-order valence-electron chi connectivity index (χ1n) is 6.66. The highest BCUT2D eigenvalue weighted by Crippen LogP contribution is 2.31. The summed E-state index contributed by atoms with van der Waals surface area (Å²) >= 11 is 0. The summed E-state index contributed by atoms with van der Waals surface area (Å²) in [7, 11) is 0. The monoisotopic (exact) mass is 295 g/mol. The highest BCUT2D eigenvalue weighted by molar-refractivity contribution is 5.52. The summed E-state index contributed by atoms with van der Waals surface area (Å²) in [6, 6.07) is 3.94. The maximum Gasteiger partial charge on any atom is 0.416 e. The Morgan fingerprint density at radius 2 is 1.76 bits per heavy atom. The van der Waals surface area contributed by atoms with Crippen LogP contribution in [0.15, 0.2) is 53.8 Å². The number of nitrogens with one attached hydrogen (secondary N) is 1. The summed E-state index contributed by atoms with van der Waals surface area (Å²) in [4.78, 5) is 0. The van der Waals surface area contributed by atoms with Gasteiger partial charge in [0.05, 0.1) is 5.56 Å². The van der Waals surface area contributed by atoms with Crippen LogP contribution in [-0.2, 0) is 6.18 Å². The summed E-state index contributed by atoms with van der Waals surface area (Å²) in [5, 5.41) is 2.93. The minimum atomic E-state index is -4.33. The van der Waals surface area contributed by atoms with Crippen LogP contribution in [0.5, 0.6) is 0 Å². The minimum Gasteiger partial charge on any atom is -0.361 e. The molecule has 0 aliphatic carbocycles. The number of halogens is 3. The van der Waals surface area contributed by atoms with Gasteiger partial charge >= 0.3 is 6.18 Å². The number of benzene rings is 1. The minimum absolute atomic E-state index is 0.431. The number of aryl methyl sites for hydroxylation is 1. The van der Waals surface area contributed by atoms with Crippen molar-refractivity contribution in [2.45, 2.75) is 33.9 Å². The van der Waals surface area contributed by atoms with Gasteiger partial charge in [-0.05, 0) is 62.6 Å². The van der Waals surface area contributed by atoms with Crippen LogP contribution in [0.2, 0.25) is 0 Å². The van der Waals surface area contributed by atoms with Crippen LogP contribution in [0.1, 0.15) is 31.9 Å². The number of allylic oxidation sites excluding steroid dienone is 5. The van der Waals surface area contributed by atoms with Crippen LogP contribution in [0.4, 0.5) is 18.9 Å². The van der Waals surface area contributed by atoms with E-state index in [0.29, 0.717) is 11.3 Å². The topological polar surface area (TPSA) is 12.0 Å². The predicted molar refractivity (Wildman–Crippen MR) is 82.1 cm³/mol. The molecule has 1 rings (SSSR count). The zero-order valence-electron chi connectivity index (χ0n) is 12.7. The fraction of sp³-hybridized carbons (Fsp3) is 0.294. The molecule has 0 atom stereocenters. The van der Waals surface area contributed by atoms with Crippen molar-refractivity contribution in [2.24, 2.45) is 0 Å². The average molecular weight is 295 g/mol. The van der Waals surface area contributed by atoms with Gasteiger partial charge in [-0.3, -0.25) is 0 Å². The van der Waals surface area contributed by atoms with E-state index in [1.807, 2.05) is 39.0 Å². The lowest BCUT2D eigenvalue weighted by atomic mass is 10.1. The third-order valence-corrected chi connectivity index (χ3v) is 3.02. The molecule has 0 fully saturated rings. The van der Waals surface area contributed by atoms with Gasteiger partial charge in [-0.25, -0.2) is 0 Å². The molecule has 21 heavy (non-hydrogen) atoms. The first-order chi connectivity index (χ1) is 9.74. The Bertz CT molecular complexity index is 578. The lowest BCUT2D eigenvalue weighted by molar-refractivity contribution is -0.137. The molecule has 0 heterocycles. The Labute approximate surface area is 123 Å². The summed E-state index contributed by atoms with van der Waals surface area (Å²) in [5.74, 6) is 0. The van der Waals surface area contributed by atoms with Gasteiger partial charge in [0.15, 0.2) is 0 Å². The van der Waals surface area contributed by atoms with Crippen LogP contribution < -0.4 is 5.32 Å². The molecule has 0 spiro atoms. The quantitative estimate of drug-likeness (QED) is 0.687. The second kappa shape index (κ2) is 7.16. The van der Waals surface area contributed by atoms with Crippen molar-refractivity contribution < 1.29 is 13.2 Å². The predicted octanol–water partition coefficient (Wildman–Crippen LogP) is 5.85. The van der Waals surface area contributed by atoms with Gasteiger partial charge < -0.3 is 5.32 Å². The van der Waals surface area contributed by atoms with Crippen LogP contribution in [0, 0.1) is 6.92 Å². The first kappa shape index (κ1) is 17.1. The molecule has 0 aliphatic rings.